The number of hydrogen-bond acceptors (Lipinski definition) is 6. The van der Waals surface area contributed by atoms with E-state index in [1.54, 1.807) is 17.1 Å². The molecular weight excluding hydrogens is 475 g/mol. The van der Waals surface area contributed by atoms with Crippen LogP contribution >= 0.6 is 0 Å². The second-order valence-electron chi connectivity index (χ2n) is 9.60. The van der Waals surface area contributed by atoms with Gasteiger partial charge in [0.2, 0.25) is 18.6 Å². The number of hydrogen-bond donors (Lipinski definition) is 2. The first kappa shape index (κ1) is 23.4. The van der Waals surface area contributed by atoms with Crippen molar-refractivity contribution in [2.24, 2.45) is 11.8 Å². The van der Waals surface area contributed by atoms with Crippen molar-refractivity contribution in [3.63, 3.8) is 0 Å². The zero-order valence-electron chi connectivity index (χ0n) is 20.1. The Bertz CT molecular complexity index is 1300. The molecule has 2 amide bonds. The van der Waals surface area contributed by atoms with Crippen LogP contribution in [-0.4, -0.2) is 42.6 Å². The van der Waals surface area contributed by atoms with E-state index in [1.807, 2.05) is 48.5 Å². The number of carbonyl (C=O) groups is 2. The van der Waals surface area contributed by atoms with Crippen LogP contribution in [0.5, 0.6) is 11.5 Å². The number of nitrogens with one attached hydrogen (secondary N) is 2. The summed E-state index contributed by atoms with van der Waals surface area (Å²) in [5.74, 6) is 0.00607. The number of para-hydroxylation sites is 1. The largest absolute Gasteiger partial charge is 0.454 e. The molecule has 8 nitrogen and oxygen atoms in total. The van der Waals surface area contributed by atoms with Gasteiger partial charge in [-0.2, -0.15) is 0 Å². The standard InChI is InChI=1S/C28H27FN4O4/c29-20-9-6-18(7-10-20)14-32-15-22(27(34)30-13-19-8-11-24-25(12-19)37-17-36-24)26-23(16-32)28(35)33(31-26)21-4-2-1-3-5-21/h1-12,22-23,26,31H,13-17H2,(H,30,34). The molecule has 3 heterocycles. The number of amides is 2. The number of likely N-dealkylation sites (tertiary alicyclic amines) is 1. The summed E-state index contributed by atoms with van der Waals surface area (Å²) in [7, 11) is 0. The van der Waals surface area contributed by atoms with Crippen molar-refractivity contribution in [1.29, 1.82) is 0 Å². The van der Waals surface area contributed by atoms with Crippen LogP contribution in [0.2, 0.25) is 0 Å². The SMILES string of the molecule is O=C(NCc1ccc2c(c1)OCO2)C1CN(Cc2ccc(F)cc2)CC2C(=O)N(c3ccccc3)NC12. The fourth-order valence-corrected chi connectivity index (χ4v) is 5.30. The lowest BCUT2D eigenvalue weighted by Crippen LogP contribution is -2.56. The van der Waals surface area contributed by atoms with E-state index < -0.39 is 11.8 Å². The number of piperidine rings is 1. The van der Waals surface area contributed by atoms with Gasteiger partial charge in [0.25, 0.3) is 0 Å². The number of nitrogens with zero attached hydrogens (tertiary/aromatic N) is 2. The predicted molar refractivity (Wildman–Crippen MR) is 134 cm³/mol. The molecule has 3 aliphatic rings. The predicted octanol–water partition coefficient (Wildman–Crippen LogP) is 2.84. The summed E-state index contributed by atoms with van der Waals surface area (Å²) in [5.41, 5.74) is 5.89. The van der Waals surface area contributed by atoms with Crippen molar-refractivity contribution in [2.75, 3.05) is 24.9 Å². The number of halogens is 1. The highest BCUT2D eigenvalue weighted by atomic mass is 19.1. The molecule has 0 aromatic heterocycles. The Morgan fingerprint density at radius 2 is 1.73 bits per heavy atom. The van der Waals surface area contributed by atoms with Gasteiger partial charge >= 0.3 is 0 Å². The maximum Gasteiger partial charge on any atom is 0.247 e. The van der Waals surface area contributed by atoms with Gasteiger partial charge in [-0.1, -0.05) is 36.4 Å². The third-order valence-electron chi connectivity index (χ3n) is 7.17. The molecule has 0 saturated carbocycles. The topological polar surface area (TPSA) is 83.1 Å². The van der Waals surface area contributed by atoms with Crippen molar-refractivity contribution < 1.29 is 23.5 Å². The average Bonchev–Trinajstić information content (AvgIpc) is 3.53. The maximum absolute atomic E-state index is 13.5. The van der Waals surface area contributed by atoms with E-state index in [4.69, 9.17) is 9.47 Å². The van der Waals surface area contributed by atoms with E-state index >= 15 is 0 Å². The molecule has 0 aliphatic carbocycles. The van der Waals surface area contributed by atoms with Crippen LogP contribution in [0.25, 0.3) is 0 Å². The normalized spacial score (nSPS) is 22.7. The van der Waals surface area contributed by atoms with E-state index in [9.17, 15) is 14.0 Å². The van der Waals surface area contributed by atoms with Gasteiger partial charge in [0, 0.05) is 26.2 Å². The Kier molecular flexibility index (Phi) is 6.23. The molecule has 3 atom stereocenters. The van der Waals surface area contributed by atoms with Crippen molar-refractivity contribution in [2.45, 2.75) is 19.1 Å². The van der Waals surface area contributed by atoms with Crippen LogP contribution in [-0.2, 0) is 22.7 Å². The third kappa shape index (κ3) is 4.75. The lowest BCUT2D eigenvalue weighted by Gasteiger charge is -2.38. The van der Waals surface area contributed by atoms with Gasteiger partial charge in [-0.3, -0.25) is 14.5 Å². The maximum atomic E-state index is 13.5. The smallest absolute Gasteiger partial charge is 0.247 e. The van der Waals surface area contributed by atoms with Gasteiger partial charge in [0.15, 0.2) is 11.5 Å². The molecule has 9 heteroatoms. The van der Waals surface area contributed by atoms with Crippen LogP contribution in [0, 0.1) is 17.7 Å². The van der Waals surface area contributed by atoms with E-state index in [-0.39, 0.29) is 30.5 Å². The summed E-state index contributed by atoms with van der Waals surface area (Å²) in [4.78, 5) is 29.1. The second kappa shape index (κ2) is 9.84. The molecule has 190 valence electrons. The van der Waals surface area contributed by atoms with E-state index in [0.717, 1.165) is 16.8 Å². The molecule has 6 rings (SSSR count). The van der Waals surface area contributed by atoms with Crippen molar-refractivity contribution in [3.05, 3.63) is 89.7 Å². The van der Waals surface area contributed by atoms with E-state index in [0.29, 0.717) is 37.7 Å². The summed E-state index contributed by atoms with van der Waals surface area (Å²) < 4.78 is 24.2. The fraction of sp³-hybridized carbons (Fsp3) is 0.286. The van der Waals surface area contributed by atoms with Gasteiger partial charge in [0.05, 0.1) is 23.6 Å². The quantitative estimate of drug-likeness (QED) is 0.540. The molecule has 2 saturated heterocycles. The highest BCUT2D eigenvalue weighted by Gasteiger charge is 2.50. The molecule has 3 aromatic carbocycles. The van der Waals surface area contributed by atoms with Crippen LogP contribution in [0.4, 0.5) is 10.1 Å². The number of benzene rings is 3. The number of carbonyl (C=O) groups excluding carboxylic acids is 2. The average molecular weight is 503 g/mol. The van der Waals surface area contributed by atoms with Crippen molar-refractivity contribution in [1.82, 2.24) is 15.6 Å². The lowest BCUT2D eigenvalue weighted by molar-refractivity contribution is -0.130. The summed E-state index contributed by atoms with van der Waals surface area (Å²) in [6.07, 6.45) is 0. The summed E-state index contributed by atoms with van der Waals surface area (Å²) in [5, 5.41) is 4.62. The first-order valence-electron chi connectivity index (χ1n) is 12.3. The molecular formula is C28H27FN4O4. The Morgan fingerprint density at radius 1 is 0.973 bits per heavy atom. The second-order valence-corrected chi connectivity index (χ2v) is 9.60. The molecule has 0 radical (unpaired) electrons. The molecule has 0 spiro atoms. The zero-order chi connectivity index (χ0) is 25.4. The minimum atomic E-state index is -0.467. The van der Waals surface area contributed by atoms with Gasteiger partial charge in [-0.15, -0.1) is 0 Å². The summed E-state index contributed by atoms with van der Waals surface area (Å²) >= 11 is 0. The minimum Gasteiger partial charge on any atom is -0.454 e. The van der Waals surface area contributed by atoms with Gasteiger partial charge in [-0.05, 0) is 47.5 Å². The first-order valence-corrected chi connectivity index (χ1v) is 12.3. The summed E-state index contributed by atoms with van der Waals surface area (Å²) in [6.45, 7) is 2.01. The molecule has 2 fully saturated rings. The van der Waals surface area contributed by atoms with Gasteiger partial charge in [0.1, 0.15) is 5.82 Å². The van der Waals surface area contributed by atoms with Crippen molar-refractivity contribution in [3.8, 4) is 11.5 Å². The van der Waals surface area contributed by atoms with Crippen LogP contribution in [0.3, 0.4) is 0 Å². The zero-order valence-corrected chi connectivity index (χ0v) is 20.1. The number of anilines is 1. The molecule has 0 bridgehead atoms. The highest BCUT2D eigenvalue weighted by molar-refractivity contribution is 5.98. The van der Waals surface area contributed by atoms with Crippen molar-refractivity contribution >= 4 is 17.5 Å². The number of fused-ring (bicyclic) bond motifs is 2. The van der Waals surface area contributed by atoms with Crippen LogP contribution < -0.4 is 25.2 Å². The molecule has 3 unspecified atom stereocenters. The Labute approximate surface area is 213 Å². The number of ether oxygens (including phenoxy) is 2. The molecule has 3 aromatic rings. The van der Waals surface area contributed by atoms with Gasteiger partial charge in [-0.25, -0.2) is 14.8 Å². The van der Waals surface area contributed by atoms with E-state index in [1.165, 1.54) is 12.1 Å². The van der Waals surface area contributed by atoms with Gasteiger partial charge < -0.3 is 14.8 Å². The van der Waals surface area contributed by atoms with E-state index in [2.05, 4.69) is 15.6 Å². The molecule has 3 aliphatic heterocycles. The Hall–Kier alpha value is -3.95. The molecule has 2 N–H and O–H groups in total. The van der Waals surface area contributed by atoms with Crippen LogP contribution in [0.1, 0.15) is 11.1 Å². The fourth-order valence-electron chi connectivity index (χ4n) is 5.30. The first-order chi connectivity index (χ1) is 18.0. The minimum absolute atomic E-state index is 0.0615. The number of hydrazine groups is 1. The van der Waals surface area contributed by atoms with Crippen LogP contribution in [0.15, 0.2) is 72.8 Å². The Balaban J connectivity index is 1.21. The summed E-state index contributed by atoms with van der Waals surface area (Å²) in [6, 6.07) is 21.0. The monoisotopic (exact) mass is 502 g/mol. The Morgan fingerprint density at radius 3 is 2.54 bits per heavy atom. The highest BCUT2D eigenvalue weighted by Crippen LogP contribution is 2.34. The molecule has 37 heavy (non-hydrogen) atoms. The lowest BCUT2D eigenvalue weighted by atomic mass is 9.83. The number of rotatable bonds is 6. The third-order valence-corrected chi connectivity index (χ3v) is 7.17.